The second kappa shape index (κ2) is 4.70. The molecule has 0 saturated heterocycles. The van der Waals surface area contributed by atoms with Crippen molar-refractivity contribution in [1.29, 1.82) is 0 Å². The van der Waals surface area contributed by atoms with Gasteiger partial charge in [0.25, 0.3) is 0 Å². The summed E-state index contributed by atoms with van der Waals surface area (Å²) in [4.78, 5) is 4.57. The fraction of sp³-hybridized carbons (Fsp3) is 0.111. The van der Waals surface area contributed by atoms with E-state index in [1.54, 1.807) is 0 Å². The number of aromatic nitrogens is 2. The van der Waals surface area contributed by atoms with E-state index in [0.29, 0.717) is 5.89 Å². The summed E-state index contributed by atoms with van der Waals surface area (Å²) in [5.41, 5.74) is 5.41. The summed E-state index contributed by atoms with van der Waals surface area (Å²) in [6, 6.07) is 12.4. The van der Waals surface area contributed by atoms with Crippen LogP contribution < -0.4 is 4.57 Å². The van der Waals surface area contributed by atoms with Crippen molar-refractivity contribution < 1.29 is 8.98 Å². The smallest absolute Gasteiger partial charge is 0.370 e. The number of pyridine rings is 1. The predicted octanol–water partition coefficient (Wildman–Crippen LogP) is 3.31. The van der Waals surface area contributed by atoms with Crippen LogP contribution in [0.4, 0.5) is 0 Å². The number of aryl methyl sites for hydroxylation is 1. The quantitative estimate of drug-likeness (QED) is 0.638. The van der Waals surface area contributed by atoms with Crippen molar-refractivity contribution in [3.63, 3.8) is 0 Å². The molecule has 1 aliphatic carbocycles. The number of allylic oxidation sites excluding steroid dienone is 3. The van der Waals surface area contributed by atoms with Gasteiger partial charge in [-0.05, 0) is 35.3 Å². The fourth-order valence-corrected chi connectivity index (χ4v) is 2.74. The first kappa shape index (κ1) is 12.1. The van der Waals surface area contributed by atoms with E-state index in [2.05, 4.69) is 41.4 Å². The average Bonchev–Trinajstić information content (AvgIpc) is 2.92. The van der Waals surface area contributed by atoms with Gasteiger partial charge in [-0.15, -0.1) is 0 Å². The lowest BCUT2D eigenvalue weighted by Crippen LogP contribution is -2.28. The maximum atomic E-state index is 5.82. The zero-order valence-electron chi connectivity index (χ0n) is 11.8. The van der Waals surface area contributed by atoms with Crippen LogP contribution in [-0.2, 0) is 13.5 Å². The lowest BCUT2D eigenvalue weighted by molar-refractivity contribution is -0.646. The van der Waals surface area contributed by atoms with Crippen LogP contribution in [0.25, 0.3) is 22.9 Å². The molecule has 21 heavy (non-hydrogen) atoms. The summed E-state index contributed by atoms with van der Waals surface area (Å²) >= 11 is 0. The van der Waals surface area contributed by atoms with Gasteiger partial charge < -0.3 is 4.42 Å². The Hall–Kier alpha value is -2.68. The summed E-state index contributed by atoms with van der Waals surface area (Å²) in [5, 5.41) is 0. The van der Waals surface area contributed by atoms with E-state index in [1.807, 2.05) is 36.0 Å². The van der Waals surface area contributed by atoms with E-state index in [4.69, 9.17) is 4.42 Å². The first-order valence-electron chi connectivity index (χ1n) is 7.03. The van der Waals surface area contributed by atoms with Crippen LogP contribution >= 0.6 is 0 Å². The van der Waals surface area contributed by atoms with Crippen LogP contribution in [0.5, 0.6) is 0 Å². The number of fused-ring (bicyclic) bond motifs is 2. The van der Waals surface area contributed by atoms with Crippen LogP contribution in [0.2, 0.25) is 0 Å². The largest absolute Gasteiger partial charge is 0.411 e. The molecule has 4 rings (SSSR count). The van der Waals surface area contributed by atoms with E-state index in [9.17, 15) is 0 Å². The topological polar surface area (TPSA) is 29.9 Å². The Morgan fingerprint density at radius 2 is 2.10 bits per heavy atom. The Labute approximate surface area is 122 Å². The van der Waals surface area contributed by atoms with E-state index < -0.39 is 0 Å². The van der Waals surface area contributed by atoms with Crippen molar-refractivity contribution in [2.75, 3.05) is 0 Å². The number of rotatable bonds is 1. The summed E-state index contributed by atoms with van der Waals surface area (Å²) in [5.74, 6) is 0.642. The second-order valence-corrected chi connectivity index (χ2v) is 5.22. The Bertz CT molecular complexity index is 887. The summed E-state index contributed by atoms with van der Waals surface area (Å²) < 4.78 is 7.79. The molecular weight excluding hydrogens is 260 g/mol. The molecule has 0 N–H and O–H groups in total. The van der Waals surface area contributed by atoms with Gasteiger partial charge in [-0.3, -0.25) is 0 Å². The molecule has 1 aliphatic rings. The minimum atomic E-state index is 0.642. The molecule has 0 fully saturated rings. The molecule has 0 spiro atoms. The molecule has 3 nitrogen and oxygen atoms in total. The highest BCUT2D eigenvalue weighted by Crippen LogP contribution is 2.28. The van der Waals surface area contributed by atoms with Crippen LogP contribution in [-0.4, -0.2) is 4.98 Å². The molecule has 0 aliphatic heterocycles. The molecule has 1 aromatic carbocycles. The van der Waals surface area contributed by atoms with E-state index in [1.165, 1.54) is 11.1 Å². The van der Waals surface area contributed by atoms with Crippen molar-refractivity contribution in [2.45, 2.75) is 6.42 Å². The summed E-state index contributed by atoms with van der Waals surface area (Å²) in [6.07, 6.45) is 9.27. The van der Waals surface area contributed by atoms with Crippen molar-refractivity contribution in [3.05, 3.63) is 71.8 Å². The fourth-order valence-electron chi connectivity index (χ4n) is 2.74. The van der Waals surface area contributed by atoms with Gasteiger partial charge in [0.1, 0.15) is 0 Å². The molecule has 0 amide bonds. The van der Waals surface area contributed by atoms with Crippen LogP contribution in [0.15, 0.2) is 59.2 Å². The van der Waals surface area contributed by atoms with Crippen LogP contribution in [0.1, 0.15) is 17.0 Å². The third-order valence-electron chi connectivity index (χ3n) is 3.78. The predicted molar refractivity (Wildman–Crippen MR) is 82.3 cm³/mol. The highest BCUT2D eigenvalue weighted by atomic mass is 16.3. The first-order valence-corrected chi connectivity index (χ1v) is 7.03. The van der Waals surface area contributed by atoms with Gasteiger partial charge in [0, 0.05) is 11.1 Å². The zero-order valence-corrected chi connectivity index (χ0v) is 11.8. The maximum Gasteiger partial charge on any atom is 0.370 e. The number of hydrogen-bond acceptors (Lipinski definition) is 2. The third-order valence-corrected chi connectivity index (χ3v) is 3.78. The van der Waals surface area contributed by atoms with Crippen LogP contribution in [0.3, 0.4) is 0 Å². The van der Waals surface area contributed by atoms with Crippen molar-refractivity contribution >= 4 is 22.9 Å². The van der Waals surface area contributed by atoms with Crippen molar-refractivity contribution in [1.82, 2.24) is 4.98 Å². The van der Waals surface area contributed by atoms with Gasteiger partial charge in [-0.1, -0.05) is 36.4 Å². The normalized spacial score (nSPS) is 15.6. The number of benzene rings is 1. The average molecular weight is 275 g/mol. The summed E-state index contributed by atoms with van der Waals surface area (Å²) in [7, 11) is 1.97. The number of nitrogens with zero attached hydrogens (tertiary/aromatic N) is 2. The Morgan fingerprint density at radius 1 is 1.19 bits per heavy atom. The molecule has 3 heteroatoms. The van der Waals surface area contributed by atoms with Gasteiger partial charge in [-0.25, -0.2) is 4.57 Å². The van der Waals surface area contributed by atoms with E-state index in [0.717, 1.165) is 23.2 Å². The molecular formula is C18H15N2O+. The highest BCUT2D eigenvalue weighted by molar-refractivity contribution is 5.89. The standard InChI is InChI=1S/C18H15N2O/c1-20-11-5-10-16-18(20)19-17(21-16)12-14-8-4-7-13-6-2-3-9-15(13)14/h2-6,8-12H,7H2,1H3/q+1/b14-12+. The monoisotopic (exact) mass is 275 g/mol. The lowest BCUT2D eigenvalue weighted by atomic mass is 9.92. The van der Waals surface area contributed by atoms with Gasteiger partial charge in [0.2, 0.25) is 5.58 Å². The molecule has 2 aromatic heterocycles. The number of oxazole rings is 1. The summed E-state index contributed by atoms with van der Waals surface area (Å²) in [6.45, 7) is 0. The zero-order chi connectivity index (χ0) is 14.2. The van der Waals surface area contributed by atoms with Gasteiger partial charge in [0.05, 0.1) is 13.2 Å². The van der Waals surface area contributed by atoms with Crippen molar-refractivity contribution in [3.8, 4) is 0 Å². The van der Waals surface area contributed by atoms with Gasteiger partial charge in [0.15, 0.2) is 0 Å². The highest BCUT2D eigenvalue weighted by Gasteiger charge is 2.17. The van der Waals surface area contributed by atoms with Crippen molar-refractivity contribution in [2.24, 2.45) is 7.05 Å². The van der Waals surface area contributed by atoms with Gasteiger partial charge in [-0.2, -0.15) is 0 Å². The molecule has 0 bridgehead atoms. The molecule has 2 heterocycles. The Kier molecular flexibility index (Phi) is 2.71. The first-order chi connectivity index (χ1) is 10.3. The third kappa shape index (κ3) is 2.07. The van der Waals surface area contributed by atoms with Crippen LogP contribution in [0, 0.1) is 0 Å². The Balaban J connectivity index is 1.84. The molecule has 102 valence electrons. The Morgan fingerprint density at radius 3 is 3.00 bits per heavy atom. The minimum absolute atomic E-state index is 0.642. The molecule has 0 atom stereocenters. The SMILES string of the molecule is C[n+]1cccc2oc(/C=C3\C=CCc4ccccc43)nc21. The van der Waals surface area contributed by atoms with Gasteiger partial charge >= 0.3 is 11.5 Å². The van der Waals surface area contributed by atoms with E-state index >= 15 is 0 Å². The van der Waals surface area contributed by atoms with E-state index in [-0.39, 0.29) is 0 Å². The second-order valence-electron chi connectivity index (χ2n) is 5.22. The molecule has 0 radical (unpaired) electrons. The lowest BCUT2D eigenvalue weighted by Gasteiger charge is -2.12. The maximum absolute atomic E-state index is 5.82. The minimum Gasteiger partial charge on any atom is -0.411 e. The number of hydrogen-bond donors (Lipinski definition) is 0. The molecule has 0 saturated carbocycles. The molecule has 0 unspecified atom stereocenters. The molecule has 3 aromatic rings.